The Hall–Kier alpha value is -4.23. The average Bonchev–Trinajstić information content (AvgIpc) is 3.50. The molecular weight excluding hydrogens is 460 g/mol. The summed E-state index contributed by atoms with van der Waals surface area (Å²) in [7, 11) is 0. The Labute approximate surface area is 206 Å². The molecule has 3 aromatic carbocycles. The fraction of sp³-hybridized carbons (Fsp3) is 0.107. The van der Waals surface area contributed by atoms with Gasteiger partial charge in [0.15, 0.2) is 5.13 Å². The summed E-state index contributed by atoms with van der Waals surface area (Å²) in [5, 5.41) is 13.4. The first-order chi connectivity index (χ1) is 17.0. The molecule has 1 fully saturated rings. The Balaban J connectivity index is 1.47. The highest BCUT2D eigenvalue weighted by atomic mass is 32.1. The molecule has 1 N–H and O–H groups in total. The van der Waals surface area contributed by atoms with Crippen molar-refractivity contribution in [3.8, 4) is 5.75 Å². The molecule has 6 nitrogen and oxygen atoms in total. The number of hydrogen-bond donors (Lipinski definition) is 1. The van der Waals surface area contributed by atoms with Crippen LogP contribution < -0.4 is 9.64 Å². The zero-order valence-electron chi connectivity index (χ0n) is 18.9. The maximum Gasteiger partial charge on any atom is 0.301 e. The Kier molecular flexibility index (Phi) is 6.16. The largest absolute Gasteiger partial charge is 0.507 e. The molecule has 1 aliphatic rings. The number of aliphatic hydroxyl groups is 1. The van der Waals surface area contributed by atoms with Gasteiger partial charge in [-0.15, -0.1) is 11.3 Å². The van der Waals surface area contributed by atoms with Crippen molar-refractivity contribution in [2.45, 2.75) is 19.6 Å². The molecule has 0 bridgehead atoms. The molecule has 0 unspecified atom stereocenters. The van der Waals surface area contributed by atoms with Crippen LogP contribution in [0.4, 0.5) is 5.13 Å². The minimum Gasteiger partial charge on any atom is -0.507 e. The molecule has 0 aliphatic carbocycles. The van der Waals surface area contributed by atoms with E-state index in [0.29, 0.717) is 28.6 Å². The van der Waals surface area contributed by atoms with Crippen LogP contribution in [0.25, 0.3) is 5.76 Å². The number of nitrogens with zero attached hydrogens (tertiary/aromatic N) is 2. The molecule has 5 rings (SSSR count). The van der Waals surface area contributed by atoms with E-state index < -0.39 is 17.7 Å². The molecule has 1 saturated heterocycles. The molecule has 0 spiro atoms. The first-order valence-electron chi connectivity index (χ1n) is 11.1. The van der Waals surface area contributed by atoms with Crippen LogP contribution in [0.1, 0.15) is 28.3 Å². The van der Waals surface area contributed by atoms with Crippen LogP contribution in [-0.2, 0) is 16.2 Å². The fourth-order valence-corrected chi connectivity index (χ4v) is 4.82. The zero-order valence-corrected chi connectivity index (χ0v) is 19.7. The van der Waals surface area contributed by atoms with Gasteiger partial charge in [0.05, 0.1) is 11.6 Å². The summed E-state index contributed by atoms with van der Waals surface area (Å²) in [6.07, 6.45) is 1.58. The molecule has 1 aliphatic heterocycles. The molecular formula is C28H22N2O4S. The lowest BCUT2D eigenvalue weighted by Crippen LogP contribution is -2.29. The van der Waals surface area contributed by atoms with Gasteiger partial charge in [0.25, 0.3) is 5.78 Å². The van der Waals surface area contributed by atoms with E-state index in [-0.39, 0.29) is 11.3 Å². The second kappa shape index (κ2) is 9.56. The third kappa shape index (κ3) is 4.46. The Morgan fingerprint density at radius 1 is 1.03 bits per heavy atom. The number of thiazole rings is 1. The quantitative estimate of drug-likeness (QED) is 0.218. The number of ether oxygens (including phenoxy) is 1. The van der Waals surface area contributed by atoms with Gasteiger partial charge in [0, 0.05) is 17.1 Å². The number of carbonyl (C=O) groups excluding carboxylic acids is 2. The van der Waals surface area contributed by atoms with E-state index in [1.165, 1.54) is 16.2 Å². The Morgan fingerprint density at radius 3 is 2.49 bits per heavy atom. The van der Waals surface area contributed by atoms with Crippen molar-refractivity contribution < 1.29 is 19.4 Å². The smallest absolute Gasteiger partial charge is 0.301 e. The predicted molar refractivity (Wildman–Crippen MR) is 135 cm³/mol. The van der Waals surface area contributed by atoms with Gasteiger partial charge < -0.3 is 9.84 Å². The van der Waals surface area contributed by atoms with Crippen molar-refractivity contribution in [2.75, 3.05) is 4.90 Å². The average molecular weight is 483 g/mol. The van der Waals surface area contributed by atoms with Crippen LogP contribution in [0.3, 0.4) is 0 Å². The van der Waals surface area contributed by atoms with Crippen molar-refractivity contribution >= 4 is 33.9 Å². The molecule has 1 amide bonds. The lowest BCUT2D eigenvalue weighted by atomic mass is 9.95. The second-order valence-electron chi connectivity index (χ2n) is 8.20. The molecule has 7 heteroatoms. The highest BCUT2D eigenvalue weighted by Crippen LogP contribution is 2.42. The molecule has 35 heavy (non-hydrogen) atoms. The molecule has 4 aromatic rings. The number of amides is 1. The summed E-state index contributed by atoms with van der Waals surface area (Å²) < 4.78 is 5.87. The molecule has 174 valence electrons. The van der Waals surface area contributed by atoms with Gasteiger partial charge in [0.1, 0.15) is 18.1 Å². The summed E-state index contributed by atoms with van der Waals surface area (Å²) in [6, 6.07) is 23.3. The molecule has 0 saturated carbocycles. The van der Waals surface area contributed by atoms with E-state index in [9.17, 15) is 14.7 Å². The van der Waals surface area contributed by atoms with Gasteiger partial charge in [0.2, 0.25) is 0 Å². The van der Waals surface area contributed by atoms with Gasteiger partial charge in [-0.05, 0) is 42.3 Å². The standard InChI is InChI=1S/C28H22N2O4S/c1-18-6-5-7-19(16-18)17-34-22-12-10-21(11-13-22)25(31)23-24(20-8-3-2-4-9-20)30(27(33)26(23)32)28-29-14-15-35-28/h2-16,24,31H,17H2,1H3/t24-/m0/s1. The van der Waals surface area contributed by atoms with Crippen LogP contribution in [0.15, 0.2) is 96.0 Å². The van der Waals surface area contributed by atoms with Gasteiger partial charge in [-0.25, -0.2) is 4.98 Å². The number of aryl methyl sites for hydroxylation is 1. The van der Waals surface area contributed by atoms with E-state index in [1.807, 2.05) is 55.5 Å². The van der Waals surface area contributed by atoms with Crippen molar-refractivity contribution in [3.05, 3.63) is 118 Å². The topological polar surface area (TPSA) is 79.7 Å². The third-order valence-corrected chi connectivity index (χ3v) is 6.57. The predicted octanol–water partition coefficient (Wildman–Crippen LogP) is 5.66. The summed E-state index contributed by atoms with van der Waals surface area (Å²) in [4.78, 5) is 31.7. The molecule has 2 heterocycles. The van der Waals surface area contributed by atoms with Gasteiger partial charge in [-0.2, -0.15) is 0 Å². The van der Waals surface area contributed by atoms with Crippen molar-refractivity contribution in [1.29, 1.82) is 0 Å². The number of carbonyl (C=O) groups is 2. The molecule has 0 radical (unpaired) electrons. The number of aliphatic hydroxyl groups excluding tert-OH is 1. The minimum atomic E-state index is -0.778. The monoisotopic (exact) mass is 482 g/mol. The Morgan fingerprint density at radius 2 is 1.80 bits per heavy atom. The van der Waals surface area contributed by atoms with E-state index in [1.54, 1.807) is 35.8 Å². The SMILES string of the molecule is Cc1cccc(COc2ccc(C(O)=C3C(=O)C(=O)N(c4nccs4)[C@H]3c3ccccc3)cc2)c1. The van der Waals surface area contributed by atoms with Crippen LogP contribution in [0, 0.1) is 6.92 Å². The Bertz CT molecular complexity index is 1400. The summed E-state index contributed by atoms with van der Waals surface area (Å²) in [5.41, 5.74) is 3.38. The first-order valence-corrected chi connectivity index (χ1v) is 11.9. The second-order valence-corrected chi connectivity index (χ2v) is 9.07. The maximum atomic E-state index is 13.1. The van der Waals surface area contributed by atoms with Crippen LogP contribution in [0.2, 0.25) is 0 Å². The van der Waals surface area contributed by atoms with Gasteiger partial charge in [-0.1, -0.05) is 60.2 Å². The highest BCUT2D eigenvalue weighted by molar-refractivity contribution is 7.14. The van der Waals surface area contributed by atoms with Crippen LogP contribution in [0.5, 0.6) is 5.75 Å². The summed E-state index contributed by atoms with van der Waals surface area (Å²) >= 11 is 1.26. The third-order valence-electron chi connectivity index (χ3n) is 5.80. The van der Waals surface area contributed by atoms with Crippen molar-refractivity contribution in [2.24, 2.45) is 0 Å². The normalized spacial score (nSPS) is 17.1. The van der Waals surface area contributed by atoms with Crippen molar-refractivity contribution in [3.63, 3.8) is 0 Å². The highest BCUT2D eigenvalue weighted by Gasteiger charge is 2.47. The number of anilines is 1. The van der Waals surface area contributed by atoms with Gasteiger partial charge >= 0.3 is 5.91 Å². The minimum absolute atomic E-state index is 0.0322. The van der Waals surface area contributed by atoms with E-state index in [2.05, 4.69) is 11.1 Å². The molecule has 1 atom stereocenters. The van der Waals surface area contributed by atoms with E-state index in [0.717, 1.165) is 11.1 Å². The fourth-order valence-electron chi connectivity index (χ4n) is 4.15. The first kappa shape index (κ1) is 22.6. The number of aromatic nitrogens is 1. The number of Topliss-reactive ketones (excluding diaryl/α,β-unsaturated/α-hetero) is 1. The van der Waals surface area contributed by atoms with Crippen molar-refractivity contribution in [1.82, 2.24) is 4.98 Å². The summed E-state index contributed by atoms with van der Waals surface area (Å²) in [5.74, 6) is -1.06. The number of rotatable bonds is 6. The lowest BCUT2D eigenvalue weighted by molar-refractivity contribution is -0.132. The van der Waals surface area contributed by atoms with Crippen LogP contribution in [-0.4, -0.2) is 21.8 Å². The molecule has 1 aromatic heterocycles. The van der Waals surface area contributed by atoms with Crippen LogP contribution >= 0.6 is 11.3 Å². The lowest BCUT2D eigenvalue weighted by Gasteiger charge is -2.22. The number of benzene rings is 3. The van der Waals surface area contributed by atoms with Gasteiger partial charge in [-0.3, -0.25) is 14.5 Å². The van der Waals surface area contributed by atoms with E-state index >= 15 is 0 Å². The van der Waals surface area contributed by atoms with E-state index in [4.69, 9.17) is 4.74 Å². The maximum absolute atomic E-state index is 13.1. The zero-order chi connectivity index (χ0) is 24.4. The summed E-state index contributed by atoms with van der Waals surface area (Å²) in [6.45, 7) is 2.45. The number of ketones is 1. The number of hydrogen-bond acceptors (Lipinski definition) is 6.